The number of methoxy groups -OCH3 is 1. The molecule has 4 rings (SSSR count). The highest BCUT2D eigenvalue weighted by Crippen LogP contribution is 2.31. The van der Waals surface area contributed by atoms with E-state index >= 15 is 0 Å². The fourth-order valence-electron chi connectivity index (χ4n) is 5.02. The van der Waals surface area contributed by atoms with Crippen LogP contribution in [0.25, 0.3) is 0 Å². The summed E-state index contributed by atoms with van der Waals surface area (Å²) in [6, 6.07) is 13.7. The van der Waals surface area contributed by atoms with E-state index < -0.39 is 0 Å². The Morgan fingerprint density at radius 3 is 2.51 bits per heavy atom. The van der Waals surface area contributed by atoms with Crippen LogP contribution in [0.15, 0.2) is 42.5 Å². The lowest BCUT2D eigenvalue weighted by molar-refractivity contribution is -0.130. The van der Waals surface area contributed by atoms with E-state index in [-0.39, 0.29) is 5.60 Å². The van der Waals surface area contributed by atoms with Gasteiger partial charge in [0.05, 0.1) is 16.7 Å². The Morgan fingerprint density at radius 1 is 0.919 bits per heavy atom. The summed E-state index contributed by atoms with van der Waals surface area (Å²) in [6.07, 6.45) is 6.60. The first-order chi connectivity index (χ1) is 18.0. The molecule has 2 saturated heterocycles. The molecule has 0 bridgehead atoms. The van der Waals surface area contributed by atoms with E-state index in [4.69, 9.17) is 37.4 Å². The van der Waals surface area contributed by atoms with Crippen molar-refractivity contribution in [3.63, 3.8) is 0 Å². The van der Waals surface area contributed by atoms with Crippen LogP contribution in [0.2, 0.25) is 10.0 Å². The number of piperidine rings is 1. The molecule has 0 aromatic heterocycles. The van der Waals surface area contributed by atoms with E-state index in [2.05, 4.69) is 23.1 Å². The molecule has 0 unspecified atom stereocenters. The summed E-state index contributed by atoms with van der Waals surface area (Å²) in [7, 11) is 1.76. The average Bonchev–Trinajstić information content (AvgIpc) is 3.12. The Bertz CT molecular complexity index is 1030. The number of amides is 1. The molecule has 202 valence electrons. The largest absolute Gasteiger partial charge is 0.494 e. The van der Waals surface area contributed by atoms with Crippen molar-refractivity contribution >= 4 is 29.1 Å². The summed E-state index contributed by atoms with van der Waals surface area (Å²) in [5, 5.41) is 1.00. The summed E-state index contributed by atoms with van der Waals surface area (Å²) in [5.74, 6) is 1.88. The Balaban J connectivity index is 1.20. The molecule has 2 fully saturated rings. The molecule has 1 amide bonds. The highest BCUT2D eigenvalue weighted by molar-refractivity contribution is 6.42. The summed E-state index contributed by atoms with van der Waals surface area (Å²) in [5.41, 5.74) is 0.916. The molecule has 37 heavy (non-hydrogen) atoms. The van der Waals surface area contributed by atoms with Gasteiger partial charge in [0.15, 0.2) is 0 Å². The fourth-order valence-corrected chi connectivity index (χ4v) is 5.31. The number of benzene rings is 2. The average molecular weight is 550 g/mol. The molecular weight excluding hydrogens is 511 g/mol. The molecule has 0 aliphatic carbocycles. The van der Waals surface area contributed by atoms with Crippen molar-refractivity contribution < 1.29 is 19.0 Å². The van der Waals surface area contributed by atoms with Crippen molar-refractivity contribution in [2.45, 2.75) is 57.1 Å². The smallest absolute Gasteiger partial charge is 0.222 e. The van der Waals surface area contributed by atoms with Gasteiger partial charge in [-0.2, -0.15) is 0 Å². The van der Waals surface area contributed by atoms with Gasteiger partial charge in [0.2, 0.25) is 5.91 Å². The maximum Gasteiger partial charge on any atom is 0.222 e. The highest BCUT2D eigenvalue weighted by atomic mass is 35.5. The van der Waals surface area contributed by atoms with Gasteiger partial charge in [-0.15, -0.1) is 0 Å². The number of carbonyl (C=O) groups excluding carboxylic acids is 1. The van der Waals surface area contributed by atoms with Crippen molar-refractivity contribution in [1.29, 1.82) is 0 Å². The lowest BCUT2D eigenvalue weighted by Crippen LogP contribution is -2.48. The Hall–Kier alpha value is -1.99. The maximum absolute atomic E-state index is 12.2. The molecule has 0 spiro atoms. The van der Waals surface area contributed by atoms with Crippen LogP contribution in [0.5, 0.6) is 11.5 Å². The first-order valence-corrected chi connectivity index (χ1v) is 14.1. The van der Waals surface area contributed by atoms with Crippen molar-refractivity contribution in [2.75, 3.05) is 46.5 Å². The van der Waals surface area contributed by atoms with Crippen LogP contribution < -0.4 is 9.47 Å². The number of ether oxygens (including phenoxy) is 3. The molecule has 2 heterocycles. The minimum absolute atomic E-state index is 0.291. The lowest BCUT2D eigenvalue weighted by atomic mass is 9.91. The molecule has 2 aromatic carbocycles. The van der Waals surface area contributed by atoms with E-state index in [1.165, 1.54) is 5.56 Å². The van der Waals surface area contributed by atoms with Crippen LogP contribution in [-0.4, -0.2) is 67.8 Å². The zero-order valence-electron chi connectivity index (χ0n) is 21.7. The summed E-state index contributed by atoms with van der Waals surface area (Å²) < 4.78 is 18.0. The third-order valence-electron chi connectivity index (χ3n) is 7.41. The van der Waals surface area contributed by atoms with E-state index in [0.717, 1.165) is 77.0 Å². The first kappa shape index (κ1) is 28.0. The van der Waals surface area contributed by atoms with Gasteiger partial charge in [0, 0.05) is 52.3 Å². The fraction of sp³-hybridized carbons (Fsp3) is 0.552. The first-order valence-electron chi connectivity index (χ1n) is 13.3. The van der Waals surface area contributed by atoms with Crippen molar-refractivity contribution in [1.82, 2.24) is 9.80 Å². The third-order valence-corrected chi connectivity index (χ3v) is 8.15. The number of rotatable bonds is 11. The zero-order valence-corrected chi connectivity index (χ0v) is 23.2. The predicted octanol–water partition coefficient (Wildman–Crippen LogP) is 6.22. The molecule has 2 aliphatic heterocycles. The minimum Gasteiger partial charge on any atom is -0.494 e. The molecule has 0 radical (unpaired) electrons. The van der Waals surface area contributed by atoms with Crippen LogP contribution in [-0.2, 0) is 16.1 Å². The molecule has 8 heteroatoms. The summed E-state index contributed by atoms with van der Waals surface area (Å²) >= 11 is 12.1. The second-order valence-corrected chi connectivity index (χ2v) is 10.9. The SMILES string of the molecule is COC1(COc2ccc(Cl)c(Cl)c2)CCN(Cc2cccc(OCCCN3CCCCCC3=O)c2)CC1. The van der Waals surface area contributed by atoms with Gasteiger partial charge in [0.25, 0.3) is 0 Å². The normalized spacial score (nSPS) is 18.5. The van der Waals surface area contributed by atoms with Gasteiger partial charge in [-0.05, 0) is 61.9 Å². The molecule has 2 aromatic rings. The second kappa shape index (κ2) is 13.7. The summed E-state index contributed by atoms with van der Waals surface area (Å²) in [4.78, 5) is 16.6. The minimum atomic E-state index is -0.317. The van der Waals surface area contributed by atoms with Crippen molar-refractivity contribution in [3.8, 4) is 11.5 Å². The number of nitrogens with zero attached hydrogens (tertiary/aromatic N) is 2. The number of hydrogen-bond donors (Lipinski definition) is 0. The molecule has 2 aliphatic rings. The maximum atomic E-state index is 12.2. The standard InChI is InChI=1S/C29H38Cl2N2O4/c1-35-29(22-37-25-10-11-26(30)27(31)20-25)12-16-32(17-13-29)21-23-7-5-8-24(19-23)36-18-6-15-33-14-4-2-3-9-28(33)34/h5,7-8,10-11,19-20H,2-4,6,9,12-18,21-22H2,1H3. The van der Waals surface area contributed by atoms with Crippen molar-refractivity contribution in [2.24, 2.45) is 0 Å². The van der Waals surface area contributed by atoms with E-state index in [0.29, 0.717) is 41.3 Å². The van der Waals surface area contributed by atoms with Crippen LogP contribution in [0.3, 0.4) is 0 Å². The van der Waals surface area contributed by atoms with Gasteiger partial charge in [-0.3, -0.25) is 9.69 Å². The van der Waals surface area contributed by atoms with Crippen molar-refractivity contribution in [3.05, 3.63) is 58.1 Å². The van der Waals surface area contributed by atoms with Gasteiger partial charge in [-0.25, -0.2) is 0 Å². The van der Waals surface area contributed by atoms with Crippen LogP contribution in [0, 0.1) is 0 Å². The molecule has 0 saturated carbocycles. The van der Waals surface area contributed by atoms with E-state index in [1.54, 1.807) is 19.2 Å². The monoisotopic (exact) mass is 548 g/mol. The van der Waals surface area contributed by atoms with E-state index in [9.17, 15) is 4.79 Å². The third kappa shape index (κ3) is 8.25. The highest BCUT2D eigenvalue weighted by Gasteiger charge is 2.35. The molecule has 6 nitrogen and oxygen atoms in total. The van der Waals surface area contributed by atoms with Crippen LogP contribution in [0.4, 0.5) is 0 Å². The van der Waals surface area contributed by atoms with Crippen LogP contribution >= 0.6 is 23.2 Å². The summed E-state index contributed by atoms with van der Waals surface area (Å²) in [6.45, 7) is 5.47. The van der Waals surface area contributed by atoms with Gasteiger partial charge in [-0.1, -0.05) is 41.8 Å². The molecule has 0 atom stereocenters. The molecule has 0 N–H and O–H groups in total. The van der Waals surface area contributed by atoms with Gasteiger partial charge < -0.3 is 19.1 Å². The second-order valence-electron chi connectivity index (χ2n) is 10.1. The number of halogens is 2. The Labute approximate surface area is 230 Å². The molecular formula is C29H38Cl2N2O4. The van der Waals surface area contributed by atoms with Gasteiger partial charge in [0.1, 0.15) is 23.7 Å². The lowest BCUT2D eigenvalue weighted by Gasteiger charge is -2.40. The topological polar surface area (TPSA) is 51.2 Å². The quantitative estimate of drug-likeness (QED) is 0.312. The number of carbonyl (C=O) groups is 1. The van der Waals surface area contributed by atoms with Crippen LogP contribution in [0.1, 0.15) is 50.5 Å². The Kier molecular flexibility index (Phi) is 10.4. The van der Waals surface area contributed by atoms with E-state index in [1.807, 2.05) is 17.0 Å². The Morgan fingerprint density at radius 2 is 1.73 bits per heavy atom. The number of likely N-dealkylation sites (tertiary alicyclic amines) is 2. The zero-order chi connectivity index (χ0) is 26.1. The predicted molar refractivity (Wildman–Crippen MR) is 148 cm³/mol. The van der Waals surface area contributed by atoms with Gasteiger partial charge >= 0.3 is 0 Å². The number of hydrogen-bond acceptors (Lipinski definition) is 5.